The number of benzene rings is 2. The Kier molecular flexibility index (Phi) is 7.84. The first kappa shape index (κ1) is 27.0. The maximum absolute atomic E-state index is 12.7. The van der Waals surface area contributed by atoms with Gasteiger partial charge in [-0.15, -0.1) is 0 Å². The Morgan fingerprint density at radius 1 is 0.692 bits per heavy atom. The Morgan fingerprint density at radius 3 is 1.64 bits per heavy atom. The van der Waals surface area contributed by atoms with Crippen LogP contribution in [0.15, 0.2) is 79.5 Å². The highest BCUT2D eigenvalue weighted by Gasteiger charge is 2.43. The first-order chi connectivity index (χ1) is 18.9. The normalized spacial score (nSPS) is 18.6. The van der Waals surface area contributed by atoms with Crippen LogP contribution >= 0.6 is 31.9 Å². The number of halogens is 2. The van der Waals surface area contributed by atoms with Crippen LogP contribution in [-0.4, -0.2) is 20.8 Å². The Hall–Kier alpha value is -2.22. The first-order valence-electron chi connectivity index (χ1n) is 14.2. The third-order valence-corrected chi connectivity index (χ3v) is 9.69. The molecular weight excluding hydrogens is 620 g/mol. The zero-order valence-electron chi connectivity index (χ0n) is 21.9. The van der Waals surface area contributed by atoms with Crippen molar-refractivity contribution in [3.63, 3.8) is 0 Å². The number of aromatic nitrogens is 2. The smallest absolute Gasteiger partial charge is 0.258 e. The Bertz CT molecular complexity index is 1570. The molecule has 5 nitrogen and oxygen atoms in total. The number of fused-ring (bicyclic) bond motifs is 2. The highest BCUT2D eigenvalue weighted by molar-refractivity contribution is 9.11. The maximum Gasteiger partial charge on any atom is 0.258 e. The van der Waals surface area contributed by atoms with Gasteiger partial charge in [-0.3, -0.25) is 9.59 Å². The number of rotatable bonds is 5. The predicted molar refractivity (Wildman–Crippen MR) is 164 cm³/mol. The number of nitrogens with zero attached hydrogens (tertiary/aromatic N) is 1. The molecule has 4 aromatic rings. The van der Waals surface area contributed by atoms with Crippen LogP contribution in [0.1, 0.15) is 57.4 Å². The minimum atomic E-state index is -0.0474. The van der Waals surface area contributed by atoms with E-state index >= 15 is 0 Å². The van der Waals surface area contributed by atoms with Crippen LogP contribution in [0.3, 0.4) is 0 Å². The van der Waals surface area contributed by atoms with Crippen LogP contribution in [0.2, 0.25) is 0 Å². The van der Waals surface area contributed by atoms with Crippen LogP contribution in [0.25, 0.3) is 21.5 Å². The summed E-state index contributed by atoms with van der Waals surface area (Å²) in [7, 11) is 0. The van der Waals surface area contributed by atoms with Crippen LogP contribution in [-0.2, 0) is 0 Å². The van der Waals surface area contributed by atoms with Gasteiger partial charge >= 0.3 is 0 Å². The number of aromatic amines is 1. The molecule has 4 aliphatic rings. The molecule has 0 radical (unpaired) electrons. The molecule has 4 fully saturated rings. The van der Waals surface area contributed by atoms with E-state index in [9.17, 15) is 14.7 Å². The number of hydrogen-bond donors (Lipinski definition) is 2. The maximum atomic E-state index is 12.7. The summed E-state index contributed by atoms with van der Waals surface area (Å²) in [5, 5.41) is 12.8. The summed E-state index contributed by atoms with van der Waals surface area (Å²) in [5.74, 6) is 2.89. The molecule has 0 spiro atoms. The van der Waals surface area contributed by atoms with Crippen molar-refractivity contribution in [3.05, 3.63) is 90.6 Å². The van der Waals surface area contributed by atoms with E-state index in [4.69, 9.17) is 0 Å². The lowest BCUT2D eigenvalue weighted by Crippen LogP contribution is -2.27. The average Bonchev–Trinajstić information content (AvgIpc) is 3.80. The van der Waals surface area contributed by atoms with Gasteiger partial charge in [0.05, 0.1) is 6.10 Å². The van der Waals surface area contributed by atoms with E-state index in [2.05, 4.69) is 36.8 Å². The Labute approximate surface area is 244 Å². The second-order valence-corrected chi connectivity index (χ2v) is 13.3. The van der Waals surface area contributed by atoms with Crippen molar-refractivity contribution in [3.8, 4) is 0 Å². The summed E-state index contributed by atoms with van der Waals surface area (Å²) in [6.07, 6.45) is 14.1. The molecule has 204 valence electrons. The molecule has 0 aliphatic heterocycles. The third kappa shape index (κ3) is 6.26. The topological polar surface area (TPSA) is 75.1 Å². The molecule has 4 aliphatic carbocycles. The first-order valence-corrected chi connectivity index (χ1v) is 15.7. The van der Waals surface area contributed by atoms with E-state index in [1.807, 2.05) is 53.2 Å². The van der Waals surface area contributed by atoms with Gasteiger partial charge in [0.15, 0.2) is 0 Å². The van der Waals surface area contributed by atoms with Crippen LogP contribution < -0.4 is 11.1 Å². The van der Waals surface area contributed by atoms with Gasteiger partial charge in [-0.25, -0.2) is 0 Å². The molecule has 2 N–H and O–H groups in total. The number of nitrogens with one attached hydrogen (secondary N) is 1. The summed E-state index contributed by atoms with van der Waals surface area (Å²) in [4.78, 5) is 26.6. The van der Waals surface area contributed by atoms with Crippen LogP contribution in [0, 0.1) is 23.7 Å². The summed E-state index contributed by atoms with van der Waals surface area (Å²) in [6.45, 7) is 0. The SMILES string of the molecule is O=c1[nH]cc(Br)c2ccccc12.O=c1c2ccccc2c(Br)cn1C(C1CC1)C1CC1.OC(C1CC1)C1CC1. The number of aliphatic hydroxyl groups excluding tert-OH is 1. The fourth-order valence-corrected chi connectivity index (χ4v) is 6.66. The number of aliphatic hydroxyl groups is 1. The lowest BCUT2D eigenvalue weighted by atomic mass is 10.1. The quantitative estimate of drug-likeness (QED) is 0.233. The van der Waals surface area contributed by atoms with Gasteiger partial charge in [0.1, 0.15) is 0 Å². The molecule has 8 rings (SSSR count). The summed E-state index contributed by atoms with van der Waals surface area (Å²) >= 11 is 6.99. The second kappa shape index (κ2) is 11.3. The van der Waals surface area contributed by atoms with Crippen molar-refractivity contribution >= 4 is 53.4 Å². The lowest BCUT2D eigenvalue weighted by molar-refractivity contribution is 0.128. The molecule has 0 unspecified atom stereocenters. The molecule has 0 saturated heterocycles. The van der Waals surface area contributed by atoms with E-state index in [0.29, 0.717) is 23.3 Å². The zero-order valence-corrected chi connectivity index (χ0v) is 25.0. The molecular formula is C32H34Br2N2O3. The van der Waals surface area contributed by atoms with Gasteiger partial charge in [0.2, 0.25) is 0 Å². The molecule has 0 atom stereocenters. The molecule has 0 bridgehead atoms. The highest BCUT2D eigenvalue weighted by atomic mass is 79.9. The second-order valence-electron chi connectivity index (χ2n) is 11.6. The molecule has 2 aromatic heterocycles. The molecule has 0 amide bonds. The van der Waals surface area contributed by atoms with E-state index in [1.54, 1.807) is 12.3 Å². The number of hydrogen-bond acceptors (Lipinski definition) is 3. The van der Waals surface area contributed by atoms with E-state index in [0.717, 1.165) is 36.9 Å². The fraction of sp³-hybridized carbons (Fsp3) is 0.438. The van der Waals surface area contributed by atoms with E-state index in [-0.39, 0.29) is 17.2 Å². The van der Waals surface area contributed by atoms with Crippen LogP contribution in [0.5, 0.6) is 0 Å². The van der Waals surface area contributed by atoms with Crippen molar-refractivity contribution < 1.29 is 5.11 Å². The van der Waals surface area contributed by atoms with E-state index in [1.165, 1.54) is 51.4 Å². The van der Waals surface area contributed by atoms with Gasteiger partial charge < -0.3 is 14.7 Å². The zero-order chi connectivity index (χ0) is 27.1. The van der Waals surface area contributed by atoms with Gasteiger partial charge in [-0.1, -0.05) is 36.4 Å². The predicted octanol–water partition coefficient (Wildman–Crippen LogP) is 7.58. The fourth-order valence-electron chi connectivity index (χ4n) is 5.64. The molecule has 2 aromatic carbocycles. The third-order valence-electron chi connectivity index (χ3n) is 8.40. The van der Waals surface area contributed by atoms with Crippen molar-refractivity contribution in [2.75, 3.05) is 0 Å². The summed E-state index contributed by atoms with van der Waals surface area (Å²) < 4.78 is 3.97. The molecule has 2 heterocycles. The summed E-state index contributed by atoms with van der Waals surface area (Å²) in [5.41, 5.74) is 0.136. The molecule has 4 saturated carbocycles. The number of pyridine rings is 2. The molecule has 39 heavy (non-hydrogen) atoms. The Morgan fingerprint density at radius 2 is 1.15 bits per heavy atom. The minimum Gasteiger partial charge on any atom is -0.393 e. The van der Waals surface area contributed by atoms with E-state index < -0.39 is 0 Å². The van der Waals surface area contributed by atoms with Crippen LogP contribution in [0.4, 0.5) is 0 Å². The van der Waals surface area contributed by atoms with Crippen molar-refractivity contribution in [2.45, 2.75) is 63.5 Å². The van der Waals surface area contributed by atoms with Gasteiger partial charge in [-0.05, 0) is 119 Å². The minimum absolute atomic E-state index is 0.0474. The van der Waals surface area contributed by atoms with Crippen molar-refractivity contribution in [1.29, 1.82) is 0 Å². The lowest BCUT2D eigenvalue weighted by Gasteiger charge is -2.20. The van der Waals surface area contributed by atoms with Crippen molar-refractivity contribution in [1.82, 2.24) is 9.55 Å². The standard InChI is InChI=1S/C16H16BrNO.C9H6BrNO.C7H12O/c17-14-9-18(15(10-5-6-10)11-7-8-11)16(19)13-4-2-1-3-12(13)14;10-8-5-11-9(12)7-4-2-1-3-6(7)8;8-7(5-1-2-5)6-3-4-6/h1-4,9-11,15H,5-8H2;1-5H,(H,11,12);5-8H,1-4H2. The molecule has 7 heteroatoms. The largest absolute Gasteiger partial charge is 0.393 e. The van der Waals surface area contributed by atoms with Crippen molar-refractivity contribution in [2.24, 2.45) is 23.7 Å². The monoisotopic (exact) mass is 652 g/mol. The average molecular weight is 654 g/mol. The Balaban J connectivity index is 0.000000118. The highest BCUT2D eigenvalue weighted by Crippen LogP contribution is 2.51. The summed E-state index contributed by atoms with van der Waals surface area (Å²) in [6, 6.07) is 15.8. The van der Waals surface area contributed by atoms with Gasteiger partial charge in [-0.2, -0.15) is 0 Å². The number of H-pyrrole nitrogens is 1. The van der Waals surface area contributed by atoms with Gasteiger partial charge in [0.25, 0.3) is 11.1 Å². The van der Waals surface area contributed by atoms with Gasteiger partial charge in [0, 0.05) is 48.9 Å².